The van der Waals surface area contributed by atoms with E-state index in [0.717, 1.165) is 0 Å². The van der Waals surface area contributed by atoms with Crippen LogP contribution in [0.2, 0.25) is 5.02 Å². The molecule has 0 aliphatic carbocycles. The molecule has 0 heterocycles. The van der Waals surface area contributed by atoms with Crippen molar-refractivity contribution in [1.82, 2.24) is 0 Å². The van der Waals surface area contributed by atoms with Crippen molar-refractivity contribution in [2.24, 2.45) is 0 Å². The van der Waals surface area contributed by atoms with Crippen LogP contribution in [0.15, 0.2) is 34.8 Å². The monoisotopic (exact) mass is 359 g/mol. The summed E-state index contributed by atoms with van der Waals surface area (Å²) < 4.78 is 13.6. The second kappa shape index (κ2) is 5.89. The molecule has 1 unspecified atom stereocenters. The van der Waals surface area contributed by atoms with Gasteiger partial charge in [-0.2, -0.15) is 0 Å². The zero-order valence-electron chi connectivity index (χ0n) is 10.5. The summed E-state index contributed by atoms with van der Waals surface area (Å²) in [6, 6.07) is 6.55. The molecule has 0 saturated heterocycles. The van der Waals surface area contributed by atoms with E-state index in [4.69, 9.17) is 11.6 Å². The largest absolute Gasteiger partial charge is 0.507 e. The molecule has 0 fully saturated rings. The normalized spacial score (nSPS) is 12.2. The molecule has 0 radical (unpaired) electrons. The molecular weight excluding hydrogens is 349 g/mol. The van der Waals surface area contributed by atoms with E-state index in [2.05, 4.69) is 21.2 Å². The van der Waals surface area contributed by atoms with Gasteiger partial charge < -0.3 is 15.5 Å². The summed E-state index contributed by atoms with van der Waals surface area (Å²) in [6.07, 6.45) is 0. The molecule has 3 N–H and O–H groups in total. The molecule has 6 heteroatoms. The number of hydrogen-bond acceptors (Lipinski definition) is 3. The van der Waals surface area contributed by atoms with Crippen LogP contribution in [-0.2, 0) is 0 Å². The molecular formula is C14H12BrClFNO2. The first-order valence-electron chi connectivity index (χ1n) is 5.82. The van der Waals surface area contributed by atoms with Gasteiger partial charge in [0.15, 0.2) is 0 Å². The summed E-state index contributed by atoms with van der Waals surface area (Å²) in [5.74, 6) is -0.510. The number of hydrogen-bond donors (Lipinski definition) is 3. The number of anilines is 1. The molecule has 0 spiro atoms. The summed E-state index contributed by atoms with van der Waals surface area (Å²) in [6.45, 7) is 1.75. The average molecular weight is 361 g/mol. The Hall–Kier alpha value is -1.46. The Balaban J connectivity index is 2.35. The minimum absolute atomic E-state index is 0.0284. The van der Waals surface area contributed by atoms with Gasteiger partial charge in [0, 0.05) is 4.47 Å². The minimum Gasteiger partial charge on any atom is -0.507 e. The first-order valence-corrected chi connectivity index (χ1v) is 6.99. The van der Waals surface area contributed by atoms with Crippen LogP contribution in [0.3, 0.4) is 0 Å². The zero-order chi connectivity index (χ0) is 14.9. The molecule has 0 aliphatic rings. The van der Waals surface area contributed by atoms with Crippen molar-refractivity contribution >= 4 is 33.2 Å². The third-order valence-electron chi connectivity index (χ3n) is 2.86. The number of phenols is 2. The molecule has 2 rings (SSSR count). The molecule has 20 heavy (non-hydrogen) atoms. The maximum absolute atomic E-state index is 13.2. The predicted octanol–water partition coefficient (Wildman–Crippen LogP) is 4.83. The number of rotatable bonds is 3. The van der Waals surface area contributed by atoms with Crippen LogP contribution in [0.1, 0.15) is 18.5 Å². The fourth-order valence-corrected chi connectivity index (χ4v) is 2.88. The molecule has 0 aliphatic heterocycles. The highest BCUT2D eigenvalue weighted by Gasteiger charge is 2.17. The summed E-state index contributed by atoms with van der Waals surface area (Å²) >= 11 is 9.21. The van der Waals surface area contributed by atoms with Crippen LogP contribution in [-0.4, -0.2) is 10.2 Å². The van der Waals surface area contributed by atoms with Crippen molar-refractivity contribution in [3.8, 4) is 11.5 Å². The standard InChI is InChI=1S/C14H12BrClFNO2/c1-7(13-11(19)3-2-4-12(13)20)18-14-9(15)5-8(17)6-10(14)16/h2-7,18-20H,1H3. The summed E-state index contributed by atoms with van der Waals surface area (Å²) in [4.78, 5) is 0. The highest BCUT2D eigenvalue weighted by molar-refractivity contribution is 9.10. The van der Waals surface area contributed by atoms with E-state index in [-0.39, 0.29) is 16.5 Å². The van der Waals surface area contributed by atoms with Gasteiger partial charge in [-0.05, 0) is 47.1 Å². The van der Waals surface area contributed by atoms with E-state index in [1.807, 2.05) is 0 Å². The van der Waals surface area contributed by atoms with Crippen molar-refractivity contribution < 1.29 is 14.6 Å². The van der Waals surface area contributed by atoms with E-state index in [1.165, 1.54) is 24.3 Å². The van der Waals surface area contributed by atoms with Crippen molar-refractivity contribution in [3.05, 3.63) is 51.2 Å². The Kier molecular flexibility index (Phi) is 4.40. The fourth-order valence-electron chi connectivity index (χ4n) is 1.95. The Morgan fingerprint density at radius 1 is 1.25 bits per heavy atom. The second-order valence-electron chi connectivity index (χ2n) is 4.32. The predicted molar refractivity (Wildman–Crippen MR) is 80.9 cm³/mol. The van der Waals surface area contributed by atoms with E-state index >= 15 is 0 Å². The Morgan fingerprint density at radius 2 is 1.85 bits per heavy atom. The van der Waals surface area contributed by atoms with Gasteiger partial charge in [0.1, 0.15) is 17.3 Å². The highest BCUT2D eigenvalue weighted by atomic mass is 79.9. The molecule has 2 aromatic carbocycles. The maximum Gasteiger partial charge on any atom is 0.125 e. The van der Waals surface area contributed by atoms with Crippen LogP contribution in [0.25, 0.3) is 0 Å². The van der Waals surface area contributed by atoms with E-state index in [9.17, 15) is 14.6 Å². The number of halogens is 3. The molecule has 1 atom stereocenters. The average Bonchev–Trinajstić information content (AvgIpc) is 2.33. The Labute approximate surface area is 129 Å². The van der Waals surface area contributed by atoms with Crippen LogP contribution in [0, 0.1) is 5.82 Å². The topological polar surface area (TPSA) is 52.5 Å². The summed E-state index contributed by atoms with van der Waals surface area (Å²) in [7, 11) is 0. The van der Waals surface area contributed by atoms with Crippen LogP contribution in [0.5, 0.6) is 11.5 Å². The van der Waals surface area contributed by atoms with Crippen LogP contribution in [0.4, 0.5) is 10.1 Å². The third kappa shape index (κ3) is 2.99. The van der Waals surface area contributed by atoms with Crippen molar-refractivity contribution in [2.75, 3.05) is 5.32 Å². The van der Waals surface area contributed by atoms with Crippen molar-refractivity contribution in [1.29, 1.82) is 0 Å². The van der Waals surface area contributed by atoms with Crippen molar-refractivity contribution in [2.45, 2.75) is 13.0 Å². The fraction of sp³-hybridized carbons (Fsp3) is 0.143. The molecule has 0 bridgehead atoms. The molecule has 0 amide bonds. The van der Waals surface area contributed by atoms with Gasteiger partial charge in [-0.3, -0.25) is 0 Å². The Morgan fingerprint density at radius 3 is 2.40 bits per heavy atom. The summed E-state index contributed by atoms with van der Waals surface area (Å²) in [5, 5.41) is 22.9. The first kappa shape index (κ1) is 14.9. The molecule has 106 valence electrons. The SMILES string of the molecule is CC(Nc1c(Cl)cc(F)cc1Br)c1c(O)cccc1O. The lowest BCUT2D eigenvalue weighted by atomic mass is 10.1. The van der Waals surface area contributed by atoms with E-state index < -0.39 is 11.9 Å². The lowest BCUT2D eigenvalue weighted by molar-refractivity contribution is 0.434. The van der Waals surface area contributed by atoms with E-state index in [1.54, 1.807) is 13.0 Å². The van der Waals surface area contributed by atoms with Crippen LogP contribution < -0.4 is 5.32 Å². The lowest BCUT2D eigenvalue weighted by Gasteiger charge is -2.20. The van der Waals surface area contributed by atoms with Gasteiger partial charge in [-0.25, -0.2) is 4.39 Å². The van der Waals surface area contributed by atoms with Crippen molar-refractivity contribution in [3.63, 3.8) is 0 Å². The van der Waals surface area contributed by atoms with E-state index in [0.29, 0.717) is 15.7 Å². The number of nitrogens with one attached hydrogen (secondary N) is 1. The van der Waals surface area contributed by atoms with Gasteiger partial charge in [0.05, 0.1) is 22.3 Å². The van der Waals surface area contributed by atoms with Gasteiger partial charge in [-0.1, -0.05) is 17.7 Å². The summed E-state index contributed by atoms with van der Waals surface area (Å²) in [5.41, 5.74) is 0.836. The van der Waals surface area contributed by atoms with Gasteiger partial charge >= 0.3 is 0 Å². The maximum atomic E-state index is 13.2. The van der Waals surface area contributed by atoms with Gasteiger partial charge in [0.25, 0.3) is 0 Å². The number of aromatic hydroxyl groups is 2. The third-order valence-corrected chi connectivity index (χ3v) is 3.78. The number of phenolic OH excluding ortho intramolecular Hbond substituents is 2. The highest BCUT2D eigenvalue weighted by Crippen LogP contribution is 2.38. The van der Waals surface area contributed by atoms with Gasteiger partial charge in [0.2, 0.25) is 0 Å². The zero-order valence-corrected chi connectivity index (χ0v) is 12.8. The smallest absolute Gasteiger partial charge is 0.125 e. The second-order valence-corrected chi connectivity index (χ2v) is 5.58. The molecule has 0 aromatic heterocycles. The molecule has 3 nitrogen and oxygen atoms in total. The first-order chi connectivity index (χ1) is 9.40. The van der Waals surface area contributed by atoms with Crippen LogP contribution >= 0.6 is 27.5 Å². The lowest BCUT2D eigenvalue weighted by Crippen LogP contribution is -2.08. The molecule has 0 saturated carbocycles. The molecule has 2 aromatic rings. The minimum atomic E-state index is -0.453. The Bertz CT molecular complexity index is 608. The number of benzene rings is 2. The van der Waals surface area contributed by atoms with Gasteiger partial charge in [-0.15, -0.1) is 0 Å². The quantitative estimate of drug-likeness (QED) is 0.735.